The molecule has 14 heavy (non-hydrogen) atoms. The van der Waals surface area contributed by atoms with Crippen molar-refractivity contribution in [2.45, 2.75) is 24.8 Å². The fourth-order valence-corrected chi connectivity index (χ4v) is 1.60. The maximum atomic E-state index is 12.6. The molecule has 0 aromatic heterocycles. The zero-order chi connectivity index (χ0) is 10.0. The SMILES string of the molecule is N#CC1(Nc2ccc(F)cc2)CCC1. The van der Waals surface area contributed by atoms with E-state index in [-0.39, 0.29) is 5.82 Å². The summed E-state index contributed by atoms with van der Waals surface area (Å²) < 4.78 is 12.6. The third kappa shape index (κ3) is 1.56. The van der Waals surface area contributed by atoms with Crippen LogP contribution in [0.4, 0.5) is 10.1 Å². The Balaban J connectivity index is 2.11. The molecular weight excluding hydrogens is 179 g/mol. The molecule has 0 unspecified atom stereocenters. The molecule has 0 saturated heterocycles. The van der Waals surface area contributed by atoms with E-state index in [0.29, 0.717) is 0 Å². The molecule has 0 radical (unpaired) electrons. The van der Waals surface area contributed by atoms with E-state index >= 15 is 0 Å². The minimum Gasteiger partial charge on any atom is -0.367 e. The molecule has 0 atom stereocenters. The molecule has 72 valence electrons. The van der Waals surface area contributed by atoms with Gasteiger partial charge < -0.3 is 5.32 Å². The highest BCUT2D eigenvalue weighted by Crippen LogP contribution is 2.34. The van der Waals surface area contributed by atoms with Crippen LogP contribution in [0.15, 0.2) is 24.3 Å². The normalized spacial score (nSPS) is 18.0. The van der Waals surface area contributed by atoms with Gasteiger partial charge >= 0.3 is 0 Å². The van der Waals surface area contributed by atoms with Gasteiger partial charge in [-0.2, -0.15) is 5.26 Å². The first-order valence-corrected chi connectivity index (χ1v) is 4.69. The Labute approximate surface area is 82.4 Å². The Morgan fingerprint density at radius 3 is 2.36 bits per heavy atom. The average Bonchev–Trinajstić information content (AvgIpc) is 2.15. The third-order valence-electron chi connectivity index (χ3n) is 2.65. The highest BCUT2D eigenvalue weighted by Gasteiger charge is 2.36. The van der Waals surface area contributed by atoms with E-state index in [4.69, 9.17) is 5.26 Å². The van der Waals surface area contributed by atoms with Gasteiger partial charge in [0.2, 0.25) is 0 Å². The van der Waals surface area contributed by atoms with Gasteiger partial charge in [-0.25, -0.2) is 4.39 Å². The van der Waals surface area contributed by atoms with Crippen LogP contribution in [0, 0.1) is 17.1 Å². The average molecular weight is 190 g/mol. The van der Waals surface area contributed by atoms with Gasteiger partial charge in [0.1, 0.15) is 11.4 Å². The quantitative estimate of drug-likeness (QED) is 0.778. The largest absolute Gasteiger partial charge is 0.367 e. The Morgan fingerprint density at radius 2 is 1.93 bits per heavy atom. The number of anilines is 1. The van der Waals surface area contributed by atoms with Crippen LogP contribution in [-0.4, -0.2) is 5.54 Å². The van der Waals surface area contributed by atoms with Crippen LogP contribution in [0.5, 0.6) is 0 Å². The number of hydrogen-bond acceptors (Lipinski definition) is 2. The molecule has 2 rings (SSSR count). The second-order valence-electron chi connectivity index (χ2n) is 3.68. The van der Waals surface area contributed by atoms with Crippen LogP contribution in [0.25, 0.3) is 0 Å². The van der Waals surface area contributed by atoms with Gasteiger partial charge in [0, 0.05) is 5.69 Å². The van der Waals surface area contributed by atoms with Gasteiger partial charge in [-0.1, -0.05) is 0 Å². The van der Waals surface area contributed by atoms with Crippen molar-refractivity contribution in [1.29, 1.82) is 5.26 Å². The van der Waals surface area contributed by atoms with Crippen LogP contribution in [0.3, 0.4) is 0 Å². The number of hydrogen-bond donors (Lipinski definition) is 1. The first kappa shape index (κ1) is 9.01. The van der Waals surface area contributed by atoms with Crippen molar-refractivity contribution < 1.29 is 4.39 Å². The predicted molar refractivity (Wildman–Crippen MR) is 52.2 cm³/mol. The van der Waals surface area contributed by atoms with E-state index in [1.54, 1.807) is 12.1 Å². The molecule has 1 fully saturated rings. The molecule has 1 N–H and O–H groups in total. The lowest BCUT2D eigenvalue weighted by Gasteiger charge is -2.36. The first-order valence-electron chi connectivity index (χ1n) is 4.69. The van der Waals surface area contributed by atoms with E-state index in [2.05, 4.69) is 11.4 Å². The van der Waals surface area contributed by atoms with Crippen LogP contribution in [0.2, 0.25) is 0 Å². The number of benzene rings is 1. The van der Waals surface area contributed by atoms with Gasteiger partial charge in [0.15, 0.2) is 0 Å². The fraction of sp³-hybridized carbons (Fsp3) is 0.364. The zero-order valence-electron chi connectivity index (χ0n) is 7.76. The second-order valence-corrected chi connectivity index (χ2v) is 3.68. The second kappa shape index (κ2) is 3.30. The molecule has 1 aromatic carbocycles. The lowest BCUT2D eigenvalue weighted by Crippen LogP contribution is -2.43. The van der Waals surface area contributed by atoms with Crippen LogP contribution >= 0.6 is 0 Å². The number of nitrogens with one attached hydrogen (secondary N) is 1. The zero-order valence-corrected chi connectivity index (χ0v) is 7.76. The molecule has 1 aliphatic carbocycles. The van der Waals surface area contributed by atoms with E-state index in [9.17, 15) is 4.39 Å². The van der Waals surface area contributed by atoms with Crippen LogP contribution in [0.1, 0.15) is 19.3 Å². The van der Waals surface area contributed by atoms with Gasteiger partial charge in [-0.3, -0.25) is 0 Å². The van der Waals surface area contributed by atoms with E-state index in [1.807, 2.05) is 0 Å². The van der Waals surface area contributed by atoms with Crippen molar-refractivity contribution >= 4 is 5.69 Å². The number of rotatable bonds is 2. The molecule has 0 aliphatic heterocycles. The molecule has 0 amide bonds. The van der Waals surface area contributed by atoms with Crippen molar-refractivity contribution in [3.8, 4) is 6.07 Å². The molecule has 1 aromatic rings. The molecular formula is C11H11FN2. The summed E-state index contributed by atoms with van der Waals surface area (Å²) in [5.41, 5.74) is 0.408. The fourth-order valence-electron chi connectivity index (χ4n) is 1.60. The summed E-state index contributed by atoms with van der Waals surface area (Å²) in [6, 6.07) is 8.38. The Kier molecular flexibility index (Phi) is 2.12. The van der Waals surface area contributed by atoms with Gasteiger partial charge in [0.25, 0.3) is 0 Å². The van der Waals surface area contributed by atoms with Crippen molar-refractivity contribution in [3.63, 3.8) is 0 Å². The van der Waals surface area contributed by atoms with Crippen molar-refractivity contribution in [2.75, 3.05) is 5.32 Å². The summed E-state index contributed by atoms with van der Waals surface area (Å²) in [5, 5.41) is 12.1. The van der Waals surface area contributed by atoms with E-state index in [1.165, 1.54) is 12.1 Å². The highest BCUT2D eigenvalue weighted by molar-refractivity contribution is 5.48. The van der Waals surface area contributed by atoms with Crippen molar-refractivity contribution in [3.05, 3.63) is 30.1 Å². The molecule has 0 heterocycles. The molecule has 0 bridgehead atoms. The van der Waals surface area contributed by atoms with Gasteiger partial charge in [-0.05, 0) is 43.5 Å². The van der Waals surface area contributed by atoms with Crippen LogP contribution < -0.4 is 5.32 Å². The summed E-state index contributed by atoms with van der Waals surface area (Å²) in [4.78, 5) is 0. The third-order valence-corrected chi connectivity index (χ3v) is 2.65. The summed E-state index contributed by atoms with van der Waals surface area (Å²) in [6.45, 7) is 0. The first-order chi connectivity index (χ1) is 6.74. The van der Waals surface area contributed by atoms with Gasteiger partial charge in [-0.15, -0.1) is 0 Å². The summed E-state index contributed by atoms with van der Waals surface area (Å²) in [7, 11) is 0. The maximum absolute atomic E-state index is 12.6. The number of nitriles is 1. The smallest absolute Gasteiger partial charge is 0.125 e. The minimum atomic E-state index is -0.405. The number of halogens is 1. The molecule has 2 nitrogen and oxygen atoms in total. The highest BCUT2D eigenvalue weighted by atomic mass is 19.1. The standard InChI is InChI=1S/C11H11FN2/c12-9-2-4-10(5-3-9)14-11(8-13)6-1-7-11/h2-5,14H,1,6-7H2. The maximum Gasteiger partial charge on any atom is 0.125 e. The summed E-state index contributed by atoms with van der Waals surface area (Å²) >= 11 is 0. The van der Waals surface area contributed by atoms with E-state index in [0.717, 1.165) is 24.9 Å². The lowest BCUT2D eigenvalue weighted by atomic mass is 9.78. The molecule has 1 saturated carbocycles. The van der Waals surface area contributed by atoms with Gasteiger partial charge in [0.05, 0.1) is 6.07 Å². The van der Waals surface area contributed by atoms with E-state index < -0.39 is 5.54 Å². The Morgan fingerprint density at radius 1 is 1.29 bits per heavy atom. The monoisotopic (exact) mass is 190 g/mol. The Bertz CT molecular complexity index is 360. The van der Waals surface area contributed by atoms with Crippen molar-refractivity contribution in [1.82, 2.24) is 0 Å². The summed E-state index contributed by atoms with van der Waals surface area (Å²) in [5.74, 6) is -0.254. The summed E-state index contributed by atoms with van der Waals surface area (Å²) in [6.07, 6.45) is 2.84. The number of nitrogens with zero attached hydrogens (tertiary/aromatic N) is 1. The topological polar surface area (TPSA) is 35.8 Å². The lowest BCUT2D eigenvalue weighted by molar-refractivity contribution is 0.356. The molecule has 0 spiro atoms. The minimum absolute atomic E-state index is 0.254. The van der Waals surface area contributed by atoms with Crippen LogP contribution in [-0.2, 0) is 0 Å². The predicted octanol–water partition coefficient (Wildman–Crippen LogP) is 2.68. The Hall–Kier alpha value is -1.56. The van der Waals surface area contributed by atoms with Crippen molar-refractivity contribution in [2.24, 2.45) is 0 Å². The molecule has 1 aliphatic rings. The molecule has 3 heteroatoms.